The smallest absolute Gasteiger partial charge is 0.292 e. The van der Waals surface area contributed by atoms with Crippen molar-refractivity contribution in [1.82, 2.24) is 0 Å². The summed E-state index contributed by atoms with van der Waals surface area (Å²) in [4.78, 5) is 10.2. The van der Waals surface area contributed by atoms with Crippen LogP contribution in [0.3, 0.4) is 0 Å². The van der Waals surface area contributed by atoms with Gasteiger partial charge in [0.1, 0.15) is 0 Å². The van der Waals surface area contributed by atoms with Gasteiger partial charge in [0.2, 0.25) is 9.76 Å². The number of unbranched alkanes of at least 4 members (excludes halogenated alkanes) is 2. The maximum atomic E-state index is 10.2. The van der Waals surface area contributed by atoms with Crippen molar-refractivity contribution in [2.24, 2.45) is 0 Å². The predicted octanol–water partition coefficient (Wildman–Crippen LogP) is 1.06. The van der Waals surface area contributed by atoms with E-state index in [2.05, 4.69) is 13.8 Å². The average molecular weight is 159 g/mol. The Morgan fingerprint density at radius 3 is 2.80 bits per heavy atom. The molecule has 0 aliphatic heterocycles. The Kier molecular flexibility index (Phi) is 6.59. The number of carbonyl (C=O) groups is 1. The van der Waals surface area contributed by atoms with Crippen LogP contribution < -0.4 is 0 Å². The first-order valence-electron chi connectivity index (χ1n) is 3.76. The van der Waals surface area contributed by atoms with Gasteiger partial charge in [0.05, 0.1) is 6.92 Å². The lowest BCUT2D eigenvalue weighted by molar-refractivity contribution is -0.129. The van der Waals surface area contributed by atoms with Crippen LogP contribution in [0.15, 0.2) is 0 Å². The van der Waals surface area contributed by atoms with Gasteiger partial charge in [-0.2, -0.15) is 0 Å². The van der Waals surface area contributed by atoms with Crippen LogP contribution in [-0.2, 0) is 9.22 Å². The lowest BCUT2D eigenvalue weighted by Gasteiger charge is -1.98. The Morgan fingerprint density at radius 1 is 1.60 bits per heavy atom. The van der Waals surface area contributed by atoms with Crippen LogP contribution in [0.4, 0.5) is 0 Å². The highest BCUT2D eigenvalue weighted by Crippen LogP contribution is 1.98. The van der Waals surface area contributed by atoms with Crippen molar-refractivity contribution in [3.8, 4) is 0 Å². The zero-order valence-electron chi connectivity index (χ0n) is 6.56. The van der Waals surface area contributed by atoms with E-state index in [1.54, 1.807) is 0 Å². The summed E-state index contributed by atoms with van der Waals surface area (Å²) < 4.78 is 4.78. The lowest BCUT2D eigenvalue weighted by atomic mass is 10.3. The van der Waals surface area contributed by atoms with Crippen molar-refractivity contribution in [3.05, 3.63) is 6.92 Å². The minimum absolute atomic E-state index is 0.358. The van der Waals surface area contributed by atoms with E-state index in [4.69, 9.17) is 4.43 Å². The van der Waals surface area contributed by atoms with E-state index in [0.29, 0.717) is 0 Å². The van der Waals surface area contributed by atoms with Crippen molar-refractivity contribution in [1.29, 1.82) is 0 Å². The minimum Gasteiger partial charge on any atom is -0.525 e. The first-order valence-corrected chi connectivity index (χ1v) is 5.33. The first kappa shape index (κ1) is 9.69. The highest BCUT2D eigenvalue weighted by atomic mass is 28.2. The van der Waals surface area contributed by atoms with Gasteiger partial charge in [0.25, 0.3) is 5.97 Å². The van der Waals surface area contributed by atoms with Gasteiger partial charge >= 0.3 is 0 Å². The molecule has 0 aliphatic rings. The first-order chi connectivity index (χ1) is 4.77. The van der Waals surface area contributed by atoms with Crippen LogP contribution in [0.25, 0.3) is 0 Å². The van der Waals surface area contributed by atoms with E-state index in [1.807, 2.05) is 0 Å². The normalized spacial score (nSPS) is 10.6. The zero-order valence-corrected chi connectivity index (χ0v) is 7.97. The molecule has 0 N–H and O–H groups in total. The van der Waals surface area contributed by atoms with E-state index < -0.39 is 9.76 Å². The molecule has 0 heterocycles. The van der Waals surface area contributed by atoms with E-state index in [9.17, 15) is 4.79 Å². The standard InChI is InChI=1S/C7H15O2Si/c1-3-4-5-6-10-9-7(2)8/h2-6,10H2,1H3. The maximum absolute atomic E-state index is 10.2. The monoisotopic (exact) mass is 159 g/mol. The van der Waals surface area contributed by atoms with Crippen molar-refractivity contribution in [2.45, 2.75) is 32.2 Å². The Hall–Kier alpha value is -0.313. The molecule has 10 heavy (non-hydrogen) atoms. The van der Waals surface area contributed by atoms with Gasteiger partial charge < -0.3 is 4.43 Å². The minimum atomic E-state index is -0.569. The van der Waals surface area contributed by atoms with Crippen molar-refractivity contribution >= 4 is 15.7 Å². The summed E-state index contributed by atoms with van der Waals surface area (Å²) in [5.41, 5.74) is 0. The van der Waals surface area contributed by atoms with Crippen molar-refractivity contribution in [2.75, 3.05) is 0 Å². The van der Waals surface area contributed by atoms with Gasteiger partial charge in [0, 0.05) is 0 Å². The summed E-state index contributed by atoms with van der Waals surface area (Å²) in [7, 11) is -0.569. The van der Waals surface area contributed by atoms with Crippen molar-refractivity contribution in [3.63, 3.8) is 0 Å². The second-order valence-electron chi connectivity index (χ2n) is 2.28. The summed E-state index contributed by atoms with van der Waals surface area (Å²) in [6.07, 6.45) is 3.68. The molecule has 0 aliphatic carbocycles. The highest BCUT2D eigenvalue weighted by molar-refractivity contribution is 6.30. The van der Waals surface area contributed by atoms with E-state index in [0.717, 1.165) is 6.04 Å². The SMILES string of the molecule is [CH2]C(=O)O[SiH2]CCCCC. The molecule has 0 unspecified atom stereocenters. The molecule has 0 rings (SSSR count). The third-order valence-electron chi connectivity index (χ3n) is 1.26. The van der Waals surface area contributed by atoms with E-state index >= 15 is 0 Å². The number of carbonyl (C=O) groups excluding carboxylic acids is 1. The molecule has 0 amide bonds. The molecule has 1 radical (unpaired) electrons. The zero-order chi connectivity index (χ0) is 7.82. The molecule has 0 fully saturated rings. The summed E-state index contributed by atoms with van der Waals surface area (Å²) in [6, 6.07) is 1.11. The summed E-state index contributed by atoms with van der Waals surface area (Å²) in [5, 5.41) is 0. The van der Waals surface area contributed by atoms with Gasteiger partial charge in [-0.3, -0.25) is 4.79 Å². The van der Waals surface area contributed by atoms with E-state index in [-0.39, 0.29) is 5.97 Å². The fourth-order valence-corrected chi connectivity index (χ4v) is 1.64. The molecule has 0 spiro atoms. The maximum Gasteiger partial charge on any atom is 0.292 e. The van der Waals surface area contributed by atoms with Crippen LogP contribution in [0.2, 0.25) is 6.04 Å². The van der Waals surface area contributed by atoms with Crippen LogP contribution in [-0.4, -0.2) is 15.7 Å². The third kappa shape index (κ3) is 7.69. The van der Waals surface area contributed by atoms with Crippen LogP contribution in [0.5, 0.6) is 0 Å². The Balaban J connectivity index is 2.84. The number of hydrogen-bond donors (Lipinski definition) is 0. The van der Waals surface area contributed by atoms with Gasteiger partial charge in [-0.1, -0.05) is 26.2 Å². The van der Waals surface area contributed by atoms with Gasteiger partial charge in [-0.15, -0.1) is 0 Å². The summed E-state index contributed by atoms with van der Waals surface area (Å²) in [6.45, 7) is 5.29. The largest absolute Gasteiger partial charge is 0.525 e. The average Bonchev–Trinajstić information content (AvgIpc) is 1.87. The predicted molar refractivity (Wildman–Crippen MR) is 44.3 cm³/mol. The fraction of sp³-hybridized carbons (Fsp3) is 0.714. The molecule has 0 saturated heterocycles. The molecular formula is C7H15O2Si. The molecule has 3 heteroatoms. The molecule has 0 bridgehead atoms. The van der Waals surface area contributed by atoms with Gasteiger partial charge in [-0.25, -0.2) is 0 Å². The molecule has 0 saturated carbocycles. The molecule has 0 aromatic rings. The lowest BCUT2D eigenvalue weighted by Crippen LogP contribution is -2.03. The molecular weight excluding hydrogens is 144 g/mol. The second kappa shape index (κ2) is 6.80. The van der Waals surface area contributed by atoms with Crippen LogP contribution >= 0.6 is 0 Å². The van der Waals surface area contributed by atoms with E-state index in [1.165, 1.54) is 19.3 Å². The Morgan fingerprint density at radius 2 is 2.30 bits per heavy atom. The Bertz CT molecular complexity index is 93.6. The number of hydrogen-bond acceptors (Lipinski definition) is 2. The summed E-state index contributed by atoms with van der Waals surface area (Å²) in [5.74, 6) is -0.358. The van der Waals surface area contributed by atoms with Gasteiger partial charge in [0.15, 0.2) is 0 Å². The molecule has 0 aromatic heterocycles. The quantitative estimate of drug-likeness (QED) is 0.443. The second-order valence-corrected chi connectivity index (χ2v) is 3.69. The summed E-state index contributed by atoms with van der Waals surface area (Å²) >= 11 is 0. The number of rotatable bonds is 5. The molecule has 0 atom stereocenters. The molecule has 2 nitrogen and oxygen atoms in total. The van der Waals surface area contributed by atoms with Crippen molar-refractivity contribution < 1.29 is 9.22 Å². The van der Waals surface area contributed by atoms with Gasteiger partial charge in [-0.05, 0) is 6.04 Å². The topological polar surface area (TPSA) is 26.3 Å². The fourth-order valence-electron chi connectivity index (χ4n) is 0.715. The Labute approximate surface area is 64.9 Å². The van der Waals surface area contributed by atoms with Crippen LogP contribution in [0.1, 0.15) is 26.2 Å². The molecule has 59 valence electrons. The third-order valence-corrected chi connectivity index (χ3v) is 2.58. The van der Waals surface area contributed by atoms with Crippen LogP contribution in [0, 0.1) is 6.92 Å². The highest BCUT2D eigenvalue weighted by Gasteiger charge is 1.92. The molecule has 0 aromatic carbocycles.